The van der Waals surface area contributed by atoms with Gasteiger partial charge < -0.3 is 20.1 Å². The van der Waals surface area contributed by atoms with Crippen molar-refractivity contribution in [2.45, 2.75) is 6.42 Å². The van der Waals surface area contributed by atoms with E-state index >= 15 is 0 Å². The van der Waals surface area contributed by atoms with Crippen LogP contribution in [0.3, 0.4) is 0 Å². The second-order valence-electron chi connectivity index (χ2n) is 5.96. The Bertz CT molecular complexity index is 945. The first-order chi connectivity index (χ1) is 14.1. The predicted octanol–water partition coefficient (Wildman–Crippen LogP) is 3.41. The molecule has 148 valence electrons. The van der Waals surface area contributed by atoms with Crippen LogP contribution in [0.4, 0.5) is 17.3 Å². The zero-order valence-electron chi connectivity index (χ0n) is 15.8. The lowest BCUT2D eigenvalue weighted by Gasteiger charge is -2.08. The normalized spacial score (nSPS) is 10.1. The fraction of sp³-hybridized carbons (Fsp3) is 0.143. The Balaban J connectivity index is 1.47. The number of amides is 1. The molecule has 3 rings (SSSR count). The van der Waals surface area contributed by atoms with Crippen molar-refractivity contribution in [3.05, 3.63) is 72.3 Å². The first kappa shape index (κ1) is 19.8. The highest BCUT2D eigenvalue weighted by atomic mass is 16.5. The van der Waals surface area contributed by atoms with E-state index in [4.69, 9.17) is 4.74 Å². The minimum Gasteiger partial charge on any atom is -0.493 e. The lowest BCUT2D eigenvalue weighted by atomic mass is 10.2. The Hall–Kier alpha value is -3.94. The van der Waals surface area contributed by atoms with E-state index in [1.165, 1.54) is 7.11 Å². The number of rotatable bonds is 8. The molecule has 29 heavy (non-hydrogen) atoms. The zero-order chi connectivity index (χ0) is 20.5. The third-order valence-electron chi connectivity index (χ3n) is 3.85. The molecule has 3 aromatic rings. The summed E-state index contributed by atoms with van der Waals surface area (Å²) < 4.78 is 10.2. The molecule has 0 saturated heterocycles. The summed E-state index contributed by atoms with van der Waals surface area (Å²) >= 11 is 0. The standard InChI is InChI=1S/C21H20N4O4/c1-28-21(27)15-7-9-16(10-8-15)22-18-11-12-19(25-24-18)23-20(26)13-14-29-17-5-3-2-4-6-17/h2-12H,13-14H2,1H3,(H,22,24)(H,23,25,26). The number of carbonyl (C=O) groups is 2. The van der Waals surface area contributed by atoms with Crippen LogP contribution < -0.4 is 15.4 Å². The molecular weight excluding hydrogens is 372 g/mol. The van der Waals surface area contributed by atoms with Gasteiger partial charge in [0.2, 0.25) is 5.91 Å². The van der Waals surface area contributed by atoms with Crippen LogP contribution in [0.2, 0.25) is 0 Å². The summed E-state index contributed by atoms with van der Waals surface area (Å²) in [4.78, 5) is 23.4. The van der Waals surface area contributed by atoms with Gasteiger partial charge in [-0.2, -0.15) is 0 Å². The van der Waals surface area contributed by atoms with E-state index in [9.17, 15) is 9.59 Å². The summed E-state index contributed by atoms with van der Waals surface area (Å²) in [7, 11) is 1.33. The minimum atomic E-state index is -0.398. The topological polar surface area (TPSA) is 102 Å². The van der Waals surface area contributed by atoms with Crippen LogP contribution in [0.5, 0.6) is 5.75 Å². The lowest BCUT2D eigenvalue weighted by Crippen LogP contribution is -2.16. The molecule has 1 heterocycles. The summed E-state index contributed by atoms with van der Waals surface area (Å²) in [6, 6.07) is 19.4. The predicted molar refractivity (Wildman–Crippen MR) is 108 cm³/mol. The molecule has 8 heteroatoms. The summed E-state index contributed by atoms with van der Waals surface area (Å²) in [6.07, 6.45) is 0.198. The fourth-order valence-corrected chi connectivity index (χ4v) is 2.40. The number of anilines is 3. The van der Waals surface area contributed by atoms with Crippen molar-refractivity contribution < 1.29 is 19.1 Å². The largest absolute Gasteiger partial charge is 0.493 e. The van der Waals surface area contributed by atoms with E-state index in [0.717, 1.165) is 11.4 Å². The summed E-state index contributed by atoms with van der Waals surface area (Å²) in [6.45, 7) is 0.268. The number of hydrogen-bond acceptors (Lipinski definition) is 7. The molecule has 1 amide bonds. The van der Waals surface area contributed by atoms with E-state index in [1.807, 2.05) is 30.3 Å². The number of hydrogen-bond donors (Lipinski definition) is 2. The lowest BCUT2D eigenvalue weighted by molar-refractivity contribution is -0.116. The molecule has 0 aliphatic heterocycles. The average Bonchev–Trinajstić information content (AvgIpc) is 2.76. The first-order valence-electron chi connectivity index (χ1n) is 8.91. The van der Waals surface area contributed by atoms with E-state index in [-0.39, 0.29) is 18.9 Å². The van der Waals surface area contributed by atoms with Crippen LogP contribution in [0, 0.1) is 0 Å². The van der Waals surface area contributed by atoms with E-state index in [0.29, 0.717) is 17.2 Å². The highest BCUT2D eigenvalue weighted by Crippen LogP contribution is 2.16. The molecule has 2 aromatic carbocycles. The molecule has 1 aromatic heterocycles. The summed E-state index contributed by atoms with van der Waals surface area (Å²) in [5.74, 6) is 0.956. The van der Waals surface area contributed by atoms with Crippen LogP contribution in [-0.2, 0) is 9.53 Å². The summed E-state index contributed by atoms with van der Waals surface area (Å²) in [5, 5.41) is 13.7. The van der Waals surface area contributed by atoms with Crippen molar-refractivity contribution in [2.75, 3.05) is 24.4 Å². The number of para-hydroxylation sites is 1. The quantitative estimate of drug-likeness (QED) is 0.566. The third kappa shape index (κ3) is 6.03. The number of nitrogens with zero attached hydrogens (tertiary/aromatic N) is 2. The van der Waals surface area contributed by atoms with E-state index in [2.05, 4.69) is 25.6 Å². The number of nitrogens with one attached hydrogen (secondary N) is 2. The van der Waals surface area contributed by atoms with Crippen molar-refractivity contribution in [1.29, 1.82) is 0 Å². The van der Waals surface area contributed by atoms with Gasteiger partial charge in [-0.25, -0.2) is 4.79 Å². The van der Waals surface area contributed by atoms with Crippen molar-refractivity contribution in [1.82, 2.24) is 10.2 Å². The van der Waals surface area contributed by atoms with Gasteiger partial charge in [-0.1, -0.05) is 18.2 Å². The molecule has 0 unspecified atom stereocenters. The number of methoxy groups -OCH3 is 1. The van der Waals surface area contributed by atoms with Crippen molar-refractivity contribution in [3.8, 4) is 5.75 Å². The Morgan fingerprint density at radius 2 is 1.59 bits per heavy atom. The van der Waals surface area contributed by atoms with Gasteiger partial charge in [0, 0.05) is 5.69 Å². The molecule has 0 aliphatic carbocycles. The number of aromatic nitrogens is 2. The molecule has 0 saturated carbocycles. The SMILES string of the molecule is COC(=O)c1ccc(Nc2ccc(NC(=O)CCOc3ccccc3)nn2)cc1. The van der Waals surface area contributed by atoms with Crippen molar-refractivity contribution in [2.24, 2.45) is 0 Å². The molecule has 0 aliphatic rings. The molecule has 0 atom stereocenters. The smallest absolute Gasteiger partial charge is 0.337 e. The molecule has 8 nitrogen and oxygen atoms in total. The number of benzene rings is 2. The maximum atomic E-state index is 12.0. The molecule has 2 N–H and O–H groups in total. The van der Waals surface area contributed by atoms with Gasteiger partial charge in [-0.3, -0.25) is 4.79 Å². The second-order valence-corrected chi connectivity index (χ2v) is 5.96. The van der Waals surface area contributed by atoms with Crippen LogP contribution in [-0.4, -0.2) is 35.8 Å². The second kappa shape index (κ2) is 9.84. The highest BCUT2D eigenvalue weighted by molar-refractivity contribution is 5.90. The maximum Gasteiger partial charge on any atom is 0.337 e. The molecule has 0 radical (unpaired) electrons. The number of esters is 1. The van der Waals surface area contributed by atoms with Crippen molar-refractivity contribution in [3.63, 3.8) is 0 Å². The Morgan fingerprint density at radius 3 is 2.24 bits per heavy atom. The third-order valence-corrected chi connectivity index (χ3v) is 3.85. The van der Waals surface area contributed by atoms with Crippen LogP contribution >= 0.6 is 0 Å². The Kier molecular flexibility index (Phi) is 6.72. The molecule has 0 fully saturated rings. The first-order valence-corrected chi connectivity index (χ1v) is 8.91. The van der Waals surface area contributed by atoms with Crippen LogP contribution in [0.1, 0.15) is 16.8 Å². The average molecular weight is 392 g/mol. The van der Waals surface area contributed by atoms with Gasteiger partial charge in [0.05, 0.1) is 25.7 Å². The maximum absolute atomic E-state index is 12.0. The Morgan fingerprint density at radius 1 is 0.897 bits per heavy atom. The monoisotopic (exact) mass is 392 g/mol. The number of ether oxygens (including phenoxy) is 2. The van der Waals surface area contributed by atoms with Gasteiger partial charge in [-0.05, 0) is 48.5 Å². The highest BCUT2D eigenvalue weighted by Gasteiger charge is 2.07. The Labute approximate surface area is 167 Å². The van der Waals surface area contributed by atoms with Gasteiger partial charge in [0.1, 0.15) is 5.75 Å². The number of carbonyl (C=O) groups excluding carboxylic acids is 2. The van der Waals surface area contributed by atoms with Gasteiger partial charge in [-0.15, -0.1) is 10.2 Å². The van der Waals surface area contributed by atoms with E-state index < -0.39 is 5.97 Å². The van der Waals surface area contributed by atoms with E-state index in [1.54, 1.807) is 36.4 Å². The van der Waals surface area contributed by atoms with Crippen LogP contribution in [0.15, 0.2) is 66.7 Å². The summed E-state index contributed by atoms with van der Waals surface area (Å²) in [5.41, 5.74) is 1.19. The van der Waals surface area contributed by atoms with Crippen molar-refractivity contribution >= 4 is 29.2 Å². The zero-order valence-corrected chi connectivity index (χ0v) is 15.8. The minimum absolute atomic E-state index is 0.198. The molecule has 0 bridgehead atoms. The van der Waals surface area contributed by atoms with Gasteiger partial charge >= 0.3 is 5.97 Å². The van der Waals surface area contributed by atoms with Gasteiger partial charge in [0.25, 0.3) is 0 Å². The van der Waals surface area contributed by atoms with Gasteiger partial charge in [0.15, 0.2) is 11.6 Å². The fourth-order valence-electron chi connectivity index (χ4n) is 2.40. The molecular formula is C21H20N4O4. The van der Waals surface area contributed by atoms with Crippen LogP contribution in [0.25, 0.3) is 0 Å². The molecule has 0 spiro atoms.